The zero-order valence-corrected chi connectivity index (χ0v) is 15.2. The van der Waals surface area contributed by atoms with Crippen LogP contribution < -0.4 is 10.4 Å². The summed E-state index contributed by atoms with van der Waals surface area (Å²) < 4.78 is 12.6. The number of nitrogens with zero attached hydrogens (tertiary/aromatic N) is 3. The van der Waals surface area contributed by atoms with Crippen molar-refractivity contribution in [2.24, 2.45) is 0 Å². The van der Waals surface area contributed by atoms with Gasteiger partial charge in [0.1, 0.15) is 25.2 Å². The Bertz CT molecular complexity index is 745. The summed E-state index contributed by atoms with van der Waals surface area (Å²) in [4.78, 5) is 23.1. The van der Waals surface area contributed by atoms with Crippen molar-refractivity contribution in [2.45, 2.75) is 39.3 Å². The van der Waals surface area contributed by atoms with Crippen molar-refractivity contribution in [3.8, 4) is 5.88 Å². The van der Waals surface area contributed by atoms with Gasteiger partial charge in [0.15, 0.2) is 5.65 Å². The lowest BCUT2D eigenvalue weighted by Gasteiger charge is -2.15. The second-order valence-electron chi connectivity index (χ2n) is 6.83. The third kappa shape index (κ3) is 4.77. The van der Waals surface area contributed by atoms with Crippen LogP contribution in [-0.2, 0) is 11.5 Å². The van der Waals surface area contributed by atoms with Crippen molar-refractivity contribution in [3.63, 3.8) is 0 Å². The lowest BCUT2D eigenvalue weighted by Crippen LogP contribution is -2.24. The molecule has 0 aromatic carbocycles. The quantitative estimate of drug-likeness (QED) is 0.455. The van der Waals surface area contributed by atoms with Crippen molar-refractivity contribution in [2.75, 3.05) is 13.2 Å². The van der Waals surface area contributed by atoms with Crippen molar-refractivity contribution >= 4 is 19.2 Å². The van der Waals surface area contributed by atoms with Crippen LogP contribution in [0.2, 0.25) is 25.7 Å². The molecule has 7 nitrogen and oxygen atoms in total. The molecule has 0 aliphatic carbocycles. The fourth-order valence-electron chi connectivity index (χ4n) is 1.90. The van der Waals surface area contributed by atoms with Gasteiger partial charge in [0.25, 0.3) is 0 Å². The Kier molecular flexibility index (Phi) is 5.37. The highest BCUT2D eigenvalue weighted by Gasteiger charge is 2.15. The predicted octanol–water partition coefficient (Wildman–Crippen LogP) is 2.39. The van der Waals surface area contributed by atoms with E-state index in [9.17, 15) is 4.79 Å². The third-order valence-corrected chi connectivity index (χ3v) is 4.90. The van der Waals surface area contributed by atoms with Gasteiger partial charge in [0, 0.05) is 14.7 Å². The van der Waals surface area contributed by atoms with Gasteiger partial charge < -0.3 is 9.47 Å². The van der Waals surface area contributed by atoms with E-state index in [4.69, 9.17) is 9.47 Å². The Hall–Kier alpha value is -1.93. The summed E-state index contributed by atoms with van der Waals surface area (Å²) in [6, 6.07) is 1.05. The number of hydrogen-bond donors (Lipinski definition) is 1. The maximum absolute atomic E-state index is 12.1. The highest BCUT2D eigenvalue weighted by molar-refractivity contribution is 6.76. The summed E-state index contributed by atoms with van der Waals surface area (Å²) in [6.45, 7) is 13.6. The number of ether oxygens (including phenoxy) is 2. The molecular weight excluding hydrogens is 312 g/mol. The molecule has 2 aromatic heterocycles. The number of imidazole rings is 1. The number of H-pyrrole nitrogens is 1. The first-order valence-corrected chi connectivity index (χ1v) is 11.3. The lowest BCUT2D eigenvalue weighted by atomic mass is 10.4. The number of rotatable bonds is 8. The Labute approximate surface area is 136 Å². The van der Waals surface area contributed by atoms with Crippen LogP contribution in [-0.4, -0.2) is 40.8 Å². The number of aromatic amines is 1. The minimum atomic E-state index is -1.15. The van der Waals surface area contributed by atoms with Crippen LogP contribution in [0, 0.1) is 0 Å². The van der Waals surface area contributed by atoms with E-state index in [1.165, 1.54) is 10.9 Å². The average Bonchev–Trinajstić information content (AvgIpc) is 2.76. The molecule has 2 rings (SSSR count). The molecule has 0 amide bonds. The van der Waals surface area contributed by atoms with Gasteiger partial charge in [-0.05, 0) is 18.5 Å². The Balaban J connectivity index is 2.15. The molecule has 8 heteroatoms. The molecule has 126 valence electrons. The van der Waals surface area contributed by atoms with E-state index < -0.39 is 8.07 Å². The van der Waals surface area contributed by atoms with Crippen molar-refractivity contribution in [1.29, 1.82) is 0 Å². The molecule has 0 saturated carbocycles. The van der Waals surface area contributed by atoms with Gasteiger partial charge in [-0.25, -0.2) is 9.78 Å². The number of fused-ring (bicyclic) bond motifs is 1. The molecule has 23 heavy (non-hydrogen) atoms. The van der Waals surface area contributed by atoms with E-state index in [2.05, 4.69) is 41.2 Å². The maximum atomic E-state index is 12.1. The monoisotopic (exact) mass is 336 g/mol. The average molecular weight is 336 g/mol. The topological polar surface area (TPSA) is 82.0 Å². The summed E-state index contributed by atoms with van der Waals surface area (Å²) in [5.74, 6) is 0.343. The fourth-order valence-corrected chi connectivity index (χ4v) is 2.66. The second kappa shape index (κ2) is 7.09. The van der Waals surface area contributed by atoms with Crippen LogP contribution in [0.4, 0.5) is 0 Å². The summed E-state index contributed by atoms with van der Waals surface area (Å²) >= 11 is 0. The largest absolute Gasteiger partial charge is 0.472 e. The molecule has 0 fully saturated rings. The Morgan fingerprint density at radius 3 is 2.78 bits per heavy atom. The summed E-state index contributed by atoms with van der Waals surface area (Å²) in [7, 11) is -1.15. The van der Waals surface area contributed by atoms with Crippen LogP contribution in [0.1, 0.15) is 6.92 Å². The number of hydrogen-bond acceptors (Lipinski definition) is 5. The van der Waals surface area contributed by atoms with Gasteiger partial charge in [0.2, 0.25) is 5.88 Å². The maximum Gasteiger partial charge on any atom is 0.329 e. The van der Waals surface area contributed by atoms with E-state index >= 15 is 0 Å². The minimum absolute atomic E-state index is 0.167. The zero-order valence-electron chi connectivity index (χ0n) is 14.2. The van der Waals surface area contributed by atoms with Gasteiger partial charge in [0.05, 0.1) is 0 Å². The minimum Gasteiger partial charge on any atom is -0.472 e. The van der Waals surface area contributed by atoms with Gasteiger partial charge >= 0.3 is 5.69 Å². The smallest absolute Gasteiger partial charge is 0.329 e. The van der Waals surface area contributed by atoms with E-state index in [0.29, 0.717) is 30.3 Å². The van der Waals surface area contributed by atoms with Crippen LogP contribution in [0.25, 0.3) is 11.2 Å². The first kappa shape index (κ1) is 17.4. The van der Waals surface area contributed by atoms with Crippen LogP contribution in [0.3, 0.4) is 0 Å². The lowest BCUT2D eigenvalue weighted by molar-refractivity contribution is 0.0874. The van der Waals surface area contributed by atoms with E-state index in [1.54, 1.807) is 0 Å². The molecule has 0 aliphatic heterocycles. The zero-order chi connectivity index (χ0) is 17.0. The molecular formula is C15H24N4O3Si. The molecule has 0 radical (unpaired) electrons. The first-order chi connectivity index (χ1) is 10.8. The van der Waals surface area contributed by atoms with E-state index in [0.717, 1.165) is 11.6 Å². The van der Waals surface area contributed by atoms with Crippen LogP contribution in [0.15, 0.2) is 23.3 Å². The molecule has 0 saturated heterocycles. The second-order valence-corrected chi connectivity index (χ2v) is 12.5. The summed E-state index contributed by atoms with van der Waals surface area (Å²) in [5, 5.41) is 0. The van der Waals surface area contributed by atoms with Gasteiger partial charge in [-0.2, -0.15) is 4.98 Å². The SMILES string of the molecule is C=C(C)COc1ncnc2c1[nH]c(=O)n2COCC[Si](C)(C)C. The molecule has 1 N–H and O–H groups in total. The van der Waals surface area contributed by atoms with Crippen LogP contribution in [0.5, 0.6) is 5.88 Å². The standard InChI is InChI=1S/C15H24N4O3Si/c1-11(2)8-22-14-12-13(16-9-17-14)19(15(20)18-12)10-21-6-7-23(3,4)5/h9H,1,6-8,10H2,2-5H3,(H,18,20). The highest BCUT2D eigenvalue weighted by Crippen LogP contribution is 2.18. The molecule has 0 bridgehead atoms. The predicted molar refractivity (Wildman–Crippen MR) is 92.6 cm³/mol. The highest BCUT2D eigenvalue weighted by atomic mass is 28.3. The van der Waals surface area contributed by atoms with Gasteiger partial charge in [-0.1, -0.05) is 26.2 Å². The summed E-state index contributed by atoms with van der Waals surface area (Å²) in [6.07, 6.45) is 1.38. The summed E-state index contributed by atoms with van der Waals surface area (Å²) in [5.41, 5.74) is 1.55. The Morgan fingerprint density at radius 2 is 2.13 bits per heavy atom. The molecule has 0 unspecified atom stereocenters. The molecule has 2 aromatic rings. The molecule has 0 spiro atoms. The molecule has 0 atom stereocenters. The Morgan fingerprint density at radius 1 is 1.39 bits per heavy atom. The van der Waals surface area contributed by atoms with Crippen molar-refractivity contribution in [3.05, 3.63) is 29.0 Å². The van der Waals surface area contributed by atoms with Crippen molar-refractivity contribution < 1.29 is 9.47 Å². The number of nitrogens with one attached hydrogen (secondary N) is 1. The van der Waals surface area contributed by atoms with E-state index in [1.807, 2.05) is 6.92 Å². The fraction of sp³-hybridized carbons (Fsp3) is 0.533. The normalized spacial score (nSPS) is 11.8. The van der Waals surface area contributed by atoms with Gasteiger partial charge in [-0.15, -0.1) is 0 Å². The van der Waals surface area contributed by atoms with Gasteiger partial charge in [-0.3, -0.25) is 9.55 Å². The van der Waals surface area contributed by atoms with E-state index in [-0.39, 0.29) is 12.4 Å². The molecule has 2 heterocycles. The first-order valence-electron chi connectivity index (χ1n) is 7.56. The van der Waals surface area contributed by atoms with Crippen LogP contribution >= 0.6 is 0 Å². The van der Waals surface area contributed by atoms with Crippen molar-refractivity contribution in [1.82, 2.24) is 19.5 Å². The molecule has 0 aliphatic rings. The third-order valence-electron chi connectivity index (χ3n) is 3.20. The number of aromatic nitrogens is 4.